The largest absolute Gasteiger partial charge is 0.348 e. The van der Waals surface area contributed by atoms with E-state index in [2.05, 4.69) is 10.4 Å². The van der Waals surface area contributed by atoms with Crippen LogP contribution in [0.25, 0.3) is 5.69 Å². The normalized spacial score (nSPS) is 19.4. The lowest BCUT2D eigenvalue weighted by atomic mass is 9.84. The molecule has 1 aliphatic carbocycles. The van der Waals surface area contributed by atoms with Gasteiger partial charge in [0, 0.05) is 24.4 Å². The quantitative estimate of drug-likeness (QED) is 0.611. The smallest absolute Gasteiger partial charge is 0.272 e. The van der Waals surface area contributed by atoms with E-state index in [0.717, 1.165) is 25.7 Å². The predicted octanol–water partition coefficient (Wildman–Crippen LogP) is 2.45. The van der Waals surface area contributed by atoms with Crippen LogP contribution in [0, 0.1) is 16.0 Å². The van der Waals surface area contributed by atoms with E-state index < -0.39 is 4.92 Å². The number of benzene rings is 1. The second-order valence-corrected chi connectivity index (χ2v) is 6.28. The maximum absolute atomic E-state index is 12.5. The number of nitro groups is 1. The molecule has 0 aliphatic heterocycles. The standard InChI is InChI=1S/C17H21N5O3.ClH/c18-11-12-4-1-2-7-15(12)19-17(23)16-8-9-21(20-16)13-5-3-6-14(10-13)22(24)25;/h3,5-6,8-10,12,15H,1-2,4,7,11,18H2,(H,19,23);1H. The minimum atomic E-state index is -0.462. The van der Waals surface area contributed by atoms with E-state index in [1.54, 1.807) is 24.4 Å². The summed E-state index contributed by atoms with van der Waals surface area (Å²) in [6, 6.07) is 7.80. The molecule has 1 fully saturated rings. The van der Waals surface area contributed by atoms with Crippen LogP contribution in [-0.2, 0) is 0 Å². The van der Waals surface area contributed by atoms with E-state index in [1.165, 1.54) is 16.8 Å². The third-order valence-electron chi connectivity index (χ3n) is 4.66. The highest BCUT2D eigenvalue weighted by molar-refractivity contribution is 5.92. The molecule has 3 N–H and O–H groups in total. The van der Waals surface area contributed by atoms with Gasteiger partial charge >= 0.3 is 0 Å². The van der Waals surface area contributed by atoms with Gasteiger partial charge in [-0.1, -0.05) is 18.9 Å². The summed E-state index contributed by atoms with van der Waals surface area (Å²) in [6.45, 7) is 0.563. The van der Waals surface area contributed by atoms with Crippen LogP contribution >= 0.6 is 12.4 Å². The Morgan fingerprint density at radius 1 is 1.35 bits per heavy atom. The zero-order valence-electron chi connectivity index (χ0n) is 14.2. The van der Waals surface area contributed by atoms with E-state index in [9.17, 15) is 14.9 Å². The Labute approximate surface area is 157 Å². The Balaban J connectivity index is 0.00000243. The van der Waals surface area contributed by atoms with E-state index in [-0.39, 0.29) is 35.7 Å². The van der Waals surface area contributed by atoms with Crippen molar-refractivity contribution in [1.29, 1.82) is 0 Å². The van der Waals surface area contributed by atoms with Crippen LogP contribution in [0.1, 0.15) is 36.2 Å². The summed E-state index contributed by atoms with van der Waals surface area (Å²) in [5, 5.41) is 18.2. The molecule has 2 aromatic rings. The number of hydrogen-bond donors (Lipinski definition) is 2. The molecule has 9 heteroatoms. The topological polar surface area (TPSA) is 116 Å². The highest BCUT2D eigenvalue weighted by Gasteiger charge is 2.26. The van der Waals surface area contributed by atoms with Gasteiger partial charge in [-0.15, -0.1) is 12.4 Å². The summed E-state index contributed by atoms with van der Waals surface area (Å²) in [5.41, 5.74) is 6.60. The van der Waals surface area contributed by atoms with Gasteiger partial charge in [0.25, 0.3) is 11.6 Å². The van der Waals surface area contributed by atoms with Crippen molar-refractivity contribution >= 4 is 24.0 Å². The molecule has 8 nitrogen and oxygen atoms in total. The molecule has 1 aromatic heterocycles. The second-order valence-electron chi connectivity index (χ2n) is 6.28. The average molecular weight is 380 g/mol. The molecule has 0 saturated heterocycles. The number of aromatic nitrogens is 2. The first-order valence-electron chi connectivity index (χ1n) is 8.40. The lowest BCUT2D eigenvalue weighted by molar-refractivity contribution is -0.384. The van der Waals surface area contributed by atoms with Gasteiger partial charge in [0.05, 0.1) is 10.6 Å². The number of halogens is 1. The molecule has 2 atom stereocenters. The van der Waals surface area contributed by atoms with Gasteiger partial charge in [-0.25, -0.2) is 4.68 Å². The van der Waals surface area contributed by atoms with Crippen molar-refractivity contribution in [2.24, 2.45) is 11.7 Å². The number of rotatable bonds is 5. The van der Waals surface area contributed by atoms with Crippen molar-refractivity contribution in [3.63, 3.8) is 0 Å². The SMILES string of the molecule is Cl.NCC1CCCCC1NC(=O)c1ccn(-c2cccc([N+](=O)[O-])c2)n1. The third-order valence-corrected chi connectivity index (χ3v) is 4.66. The van der Waals surface area contributed by atoms with Crippen LogP contribution in [0.3, 0.4) is 0 Å². The van der Waals surface area contributed by atoms with Gasteiger partial charge in [-0.2, -0.15) is 5.10 Å². The molecular weight excluding hydrogens is 358 g/mol. The number of nitrogens with two attached hydrogens (primary N) is 1. The van der Waals surface area contributed by atoms with E-state index in [4.69, 9.17) is 5.73 Å². The summed E-state index contributed by atoms with van der Waals surface area (Å²) in [6.07, 6.45) is 5.82. The molecule has 1 aromatic carbocycles. The summed E-state index contributed by atoms with van der Waals surface area (Å²) in [4.78, 5) is 22.9. The van der Waals surface area contributed by atoms with E-state index >= 15 is 0 Å². The molecule has 0 spiro atoms. The minimum absolute atomic E-state index is 0. The number of amides is 1. The van der Waals surface area contributed by atoms with Crippen LogP contribution < -0.4 is 11.1 Å². The van der Waals surface area contributed by atoms with Crippen LogP contribution in [0.4, 0.5) is 5.69 Å². The van der Waals surface area contributed by atoms with E-state index in [1.807, 2.05) is 0 Å². The molecule has 1 amide bonds. The molecule has 1 aliphatic rings. The number of nitrogens with one attached hydrogen (secondary N) is 1. The molecule has 26 heavy (non-hydrogen) atoms. The summed E-state index contributed by atoms with van der Waals surface area (Å²) < 4.78 is 1.46. The van der Waals surface area contributed by atoms with Gasteiger partial charge in [0.2, 0.25) is 0 Å². The maximum Gasteiger partial charge on any atom is 0.272 e. The Hall–Kier alpha value is -2.45. The minimum Gasteiger partial charge on any atom is -0.348 e. The fourth-order valence-electron chi connectivity index (χ4n) is 3.26. The van der Waals surface area contributed by atoms with Crippen molar-refractivity contribution in [2.75, 3.05) is 6.54 Å². The molecule has 3 rings (SSSR count). The zero-order chi connectivity index (χ0) is 17.8. The van der Waals surface area contributed by atoms with Crippen molar-refractivity contribution in [2.45, 2.75) is 31.7 Å². The summed E-state index contributed by atoms with van der Waals surface area (Å²) >= 11 is 0. The Kier molecular flexibility index (Phi) is 6.70. The predicted molar refractivity (Wildman–Crippen MR) is 99.7 cm³/mol. The number of nitrogens with zero attached hydrogens (tertiary/aromatic N) is 3. The summed E-state index contributed by atoms with van der Waals surface area (Å²) in [5.74, 6) is 0.0612. The van der Waals surface area contributed by atoms with Crippen LogP contribution in [-0.4, -0.2) is 33.2 Å². The third kappa shape index (κ3) is 4.39. The maximum atomic E-state index is 12.5. The molecule has 0 radical (unpaired) electrons. The molecular formula is C17H22ClN5O3. The number of carbonyl (C=O) groups is 1. The van der Waals surface area contributed by atoms with Crippen molar-refractivity contribution in [3.8, 4) is 5.69 Å². The fraction of sp³-hybridized carbons (Fsp3) is 0.412. The van der Waals surface area contributed by atoms with Gasteiger partial charge in [0.1, 0.15) is 0 Å². The second kappa shape index (κ2) is 8.77. The molecule has 140 valence electrons. The van der Waals surface area contributed by atoms with Crippen molar-refractivity contribution in [1.82, 2.24) is 15.1 Å². The Morgan fingerprint density at radius 2 is 2.12 bits per heavy atom. The van der Waals surface area contributed by atoms with Crippen LogP contribution in [0.15, 0.2) is 36.5 Å². The van der Waals surface area contributed by atoms with Crippen LogP contribution in [0.2, 0.25) is 0 Å². The first-order chi connectivity index (χ1) is 12.1. The van der Waals surface area contributed by atoms with Gasteiger partial charge in [-0.3, -0.25) is 14.9 Å². The van der Waals surface area contributed by atoms with Crippen molar-refractivity contribution < 1.29 is 9.72 Å². The Bertz CT molecular complexity index is 779. The average Bonchev–Trinajstić information content (AvgIpc) is 3.12. The first-order valence-corrected chi connectivity index (χ1v) is 8.40. The fourth-order valence-corrected chi connectivity index (χ4v) is 3.26. The Morgan fingerprint density at radius 3 is 2.85 bits per heavy atom. The zero-order valence-corrected chi connectivity index (χ0v) is 15.0. The van der Waals surface area contributed by atoms with Gasteiger partial charge in [-0.05, 0) is 37.4 Å². The monoisotopic (exact) mass is 379 g/mol. The van der Waals surface area contributed by atoms with E-state index in [0.29, 0.717) is 18.2 Å². The van der Waals surface area contributed by atoms with Crippen molar-refractivity contribution in [3.05, 3.63) is 52.3 Å². The number of carbonyl (C=O) groups excluding carboxylic acids is 1. The number of non-ortho nitro benzene ring substituents is 1. The van der Waals surface area contributed by atoms with Gasteiger partial charge in [0.15, 0.2) is 5.69 Å². The first kappa shape index (κ1) is 19.9. The number of nitro benzene ring substituents is 1. The molecule has 2 unspecified atom stereocenters. The highest BCUT2D eigenvalue weighted by atomic mass is 35.5. The van der Waals surface area contributed by atoms with Crippen LogP contribution in [0.5, 0.6) is 0 Å². The molecule has 1 saturated carbocycles. The number of hydrogen-bond acceptors (Lipinski definition) is 5. The summed E-state index contributed by atoms with van der Waals surface area (Å²) in [7, 11) is 0. The highest BCUT2D eigenvalue weighted by Crippen LogP contribution is 2.24. The van der Waals surface area contributed by atoms with Gasteiger partial charge < -0.3 is 11.1 Å². The lowest BCUT2D eigenvalue weighted by Gasteiger charge is -2.31. The molecule has 1 heterocycles. The molecule has 0 bridgehead atoms. The lowest BCUT2D eigenvalue weighted by Crippen LogP contribution is -2.44.